The molecule has 0 aliphatic rings. The van der Waals surface area contributed by atoms with E-state index in [0.717, 1.165) is 11.8 Å². The van der Waals surface area contributed by atoms with E-state index in [0.29, 0.717) is 16.1 Å². The van der Waals surface area contributed by atoms with E-state index in [1.54, 1.807) is 24.3 Å². The molecule has 0 aliphatic carbocycles. The number of hydrogen-bond donors (Lipinski definition) is 1. The molecular formula is C17H10ClFN2O3S. The Kier molecular flexibility index (Phi) is 5.16. The lowest BCUT2D eigenvalue weighted by Gasteiger charge is -2.00. The van der Waals surface area contributed by atoms with Crippen LogP contribution in [0.15, 0.2) is 63.1 Å². The largest absolute Gasteiger partial charge is 0.477 e. The lowest BCUT2D eigenvalue weighted by Crippen LogP contribution is -1.96. The molecule has 126 valence electrons. The van der Waals surface area contributed by atoms with Crippen LogP contribution < -0.4 is 0 Å². The summed E-state index contributed by atoms with van der Waals surface area (Å²) in [7, 11) is 0. The number of aliphatic carboxylic acids is 1. The van der Waals surface area contributed by atoms with Gasteiger partial charge >= 0.3 is 5.97 Å². The number of carboxylic acids is 1. The molecule has 0 unspecified atom stereocenters. The molecular weight excluding hydrogens is 367 g/mol. The number of aromatic nitrogens is 2. The van der Waals surface area contributed by atoms with E-state index >= 15 is 0 Å². The van der Waals surface area contributed by atoms with Gasteiger partial charge in [-0.15, -0.1) is 10.2 Å². The molecule has 0 bridgehead atoms. The Hall–Kier alpha value is -2.64. The highest BCUT2D eigenvalue weighted by molar-refractivity contribution is 8.03. The Morgan fingerprint density at radius 3 is 2.56 bits per heavy atom. The van der Waals surface area contributed by atoms with Crippen molar-refractivity contribution >= 4 is 35.4 Å². The number of carboxylic acid groups (broad SMARTS) is 1. The van der Waals surface area contributed by atoms with Crippen molar-refractivity contribution in [3.63, 3.8) is 0 Å². The van der Waals surface area contributed by atoms with Crippen molar-refractivity contribution in [2.75, 3.05) is 0 Å². The van der Waals surface area contributed by atoms with Crippen LogP contribution in [0.4, 0.5) is 4.39 Å². The van der Waals surface area contributed by atoms with Crippen LogP contribution in [-0.2, 0) is 4.79 Å². The molecule has 2 aromatic carbocycles. The number of thioether (sulfide) groups is 1. The zero-order valence-electron chi connectivity index (χ0n) is 12.5. The number of halogens is 2. The fourth-order valence-electron chi connectivity index (χ4n) is 1.93. The Morgan fingerprint density at radius 2 is 1.88 bits per heavy atom. The molecule has 0 saturated heterocycles. The SMILES string of the molecule is O=C(O)/C(=C\c1ccc(F)cc1)Sc1nnc(-c2ccccc2Cl)o1. The summed E-state index contributed by atoms with van der Waals surface area (Å²) in [5, 5.41) is 17.6. The summed E-state index contributed by atoms with van der Waals surface area (Å²) in [6, 6.07) is 12.4. The van der Waals surface area contributed by atoms with E-state index < -0.39 is 11.8 Å². The van der Waals surface area contributed by atoms with Gasteiger partial charge in [0, 0.05) is 0 Å². The Labute approximate surface area is 151 Å². The van der Waals surface area contributed by atoms with Gasteiger partial charge < -0.3 is 9.52 Å². The lowest BCUT2D eigenvalue weighted by atomic mass is 10.2. The highest BCUT2D eigenvalue weighted by atomic mass is 35.5. The van der Waals surface area contributed by atoms with Crippen molar-refractivity contribution in [3.05, 3.63) is 69.8 Å². The molecule has 1 heterocycles. The van der Waals surface area contributed by atoms with Crippen LogP contribution >= 0.6 is 23.4 Å². The van der Waals surface area contributed by atoms with Crippen molar-refractivity contribution in [1.29, 1.82) is 0 Å². The minimum atomic E-state index is -1.16. The van der Waals surface area contributed by atoms with Gasteiger partial charge in [-0.05, 0) is 47.7 Å². The average molecular weight is 377 g/mol. The predicted octanol–water partition coefficient (Wildman–Crippen LogP) is 4.75. The van der Waals surface area contributed by atoms with E-state index in [1.165, 1.54) is 30.3 Å². The van der Waals surface area contributed by atoms with Crippen LogP contribution in [0.2, 0.25) is 5.02 Å². The van der Waals surface area contributed by atoms with Crippen molar-refractivity contribution in [2.45, 2.75) is 5.22 Å². The summed E-state index contributed by atoms with van der Waals surface area (Å²) in [5.41, 5.74) is 1.10. The van der Waals surface area contributed by atoms with Crippen LogP contribution in [0.3, 0.4) is 0 Å². The van der Waals surface area contributed by atoms with E-state index in [1.807, 2.05) is 0 Å². The van der Waals surface area contributed by atoms with E-state index in [-0.39, 0.29) is 16.0 Å². The van der Waals surface area contributed by atoms with Crippen LogP contribution in [-0.4, -0.2) is 21.3 Å². The second kappa shape index (κ2) is 7.50. The molecule has 8 heteroatoms. The molecule has 0 saturated carbocycles. The minimum absolute atomic E-state index is 0.0408. The van der Waals surface area contributed by atoms with E-state index in [9.17, 15) is 14.3 Å². The summed E-state index contributed by atoms with van der Waals surface area (Å²) in [6.07, 6.45) is 1.39. The molecule has 0 amide bonds. The highest BCUT2D eigenvalue weighted by Crippen LogP contribution is 2.32. The van der Waals surface area contributed by atoms with Gasteiger partial charge in [-0.3, -0.25) is 0 Å². The first-order valence-electron chi connectivity index (χ1n) is 7.00. The normalized spacial score (nSPS) is 11.5. The minimum Gasteiger partial charge on any atom is -0.477 e. The zero-order valence-corrected chi connectivity index (χ0v) is 14.1. The van der Waals surface area contributed by atoms with Gasteiger partial charge in [-0.1, -0.05) is 35.9 Å². The molecule has 1 N–H and O–H groups in total. The third-order valence-electron chi connectivity index (χ3n) is 3.09. The monoisotopic (exact) mass is 376 g/mol. The van der Waals surface area contributed by atoms with Crippen LogP contribution in [0, 0.1) is 5.82 Å². The number of benzene rings is 2. The lowest BCUT2D eigenvalue weighted by molar-refractivity contribution is -0.131. The molecule has 1 aromatic heterocycles. The third-order valence-corrected chi connectivity index (χ3v) is 4.27. The third kappa shape index (κ3) is 4.26. The molecule has 3 aromatic rings. The topological polar surface area (TPSA) is 76.2 Å². The van der Waals surface area contributed by atoms with Crippen molar-refractivity contribution in [2.24, 2.45) is 0 Å². The summed E-state index contributed by atoms with van der Waals surface area (Å²) in [5.74, 6) is -1.37. The Morgan fingerprint density at radius 1 is 1.16 bits per heavy atom. The molecule has 0 radical (unpaired) electrons. The van der Waals surface area contributed by atoms with Gasteiger partial charge in [0.05, 0.1) is 10.6 Å². The molecule has 3 rings (SSSR count). The van der Waals surface area contributed by atoms with Crippen molar-refractivity contribution in [1.82, 2.24) is 10.2 Å². The average Bonchev–Trinajstić information content (AvgIpc) is 3.05. The van der Waals surface area contributed by atoms with Crippen LogP contribution in [0.25, 0.3) is 17.5 Å². The first-order chi connectivity index (χ1) is 12.0. The maximum Gasteiger partial charge on any atom is 0.342 e. The maximum absolute atomic E-state index is 12.9. The Balaban J connectivity index is 1.85. The summed E-state index contributed by atoms with van der Waals surface area (Å²) >= 11 is 6.88. The second-order valence-corrected chi connectivity index (χ2v) is 6.22. The molecule has 0 fully saturated rings. The van der Waals surface area contributed by atoms with Gasteiger partial charge in [0.25, 0.3) is 5.22 Å². The standard InChI is InChI=1S/C17H10ClFN2O3S/c18-13-4-2-1-3-12(13)15-20-21-17(24-15)25-14(16(22)23)9-10-5-7-11(19)8-6-10/h1-9H,(H,22,23)/b14-9+. The maximum atomic E-state index is 12.9. The predicted molar refractivity (Wildman–Crippen MR) is 92.6 cm³/mol. The number of carbonyl (C=O) groups is 1. The number of hydrogen-bond acceptors (Lipinski definition) is 5. The van der Waals surface area contributed by atoms with E-state index in [4.69, 9.17) is 16.0 Å². The van der Waals surface area contributed by atoms with Gasteiger partial charge in [-0.2, -0.15) is 0 Å². The molecule has 0 atom stereocenters. The van der Waals surface area contributed by atoms with Gasteiger partial charge in [-0.25, -0.2) is 9.18 Å². The molecule has 0 aliphatic heterocycles. The molecule has 25 heavy (non-hydrogen) atoms. The van der Waals surface area contributed by atoms with Crippen LogP contribution in [0.5, 0.6) is 0 Å². The second-order valence-electron chi connectivity index (χ2n) is 4.82. The smallest absolute Gasteiger partial charge is 0.342 e. The molecule has 0 spiro atoms. The van der Waals surface area contributed by atoms with Gasteiger partial charge in [0.15, 0.2) is 0 Å². The van der Waals surface area contributed by atoms with E-state index in [2.05, 4.69) is 10.2 Å². The number of rotatable bonds is 5. The first kappa shape index (κ1) is 17.2. The zero-order chi connectivity index (χ0) is 17.8. The summed E-state index contributed by atoms with van der Waals surface area (Å²) in [4.78, 5) is 11.4. The highest BCUT2D eigenvalue weighted by Gasteiger charge is 2.17. The fraction of sp³-hybridized carbons (Fsp3) is 0. The van der Waals surface area contributed by atoms with Gasteiger partial charge in [0.1, 0.15) is 10.7 Å². The van der Waals surface area contributed by atoms with Crippen LogP contribution in [0.1, 0.15) is 5.56 Å². The number of nitrogens with zero attached hydrogens (tertiary/aromatic N) is 2. The first-order valence-corrected chi connectivity index (χ1v) is 8.19. The Bertz CT molecular complexity index is 941. The molecule has 5 nitrogen and oxygen atoms in total. The fourth-order valence-corrected chi connectivity index (χ4v) is 2.82. The summed E-state index contributed by atoms with van der Waals surface area (Å²) in [6.45, 7) is 0. The summed E-state index contributed by atoms with van der Waals surface area (Å²) < 4.78 is 18.4. The quantitative estimate of drug-likeness (QED) is 0.511. The van der Waals surface area contributed by atoms with Gasteiger partial charge in [0.2, 0.25) is 5.89 Å². The van der Waals surface area contributed by atoms with Crippen molar-refractivity contribution < 1.29 is 18.7 Å². The van der Waals surface area contributed by atoms with Crippen molar-refractivity contribution in [3.8, 4) is 11.5 Å².